The van der Waals surface area contributed by atoms with Crippen LogP contribution >= 0.6 is 11.8 Å². The summed E-state index contributed by atoms with van der Waals surface area (Å²) < 4.78 is 0. The molecule has 1 N–H and O–H groups in total. The molecule has 4 rings (SSSR count). The predicted octanol–water partition coefficient (Wildman–Crippen LogP) is 5.42. The van der Waals surface area contributed by atoms with Crippen LogP contribution in [-0.4, -0.2) is 39.6 Å². The van der Waals surface area contributed by atoms with Crippen LogP contribution < -0.4 is 5.32 Å². The number of thioether (sulfide) groups is 1. The number of carbonyl (C=O) groups excluding carboxylic acids is 1. The van der Waals surface area contributed by atoms with Gasteiger partial charge in [0.2, 0.25) is 0 Å². The van der Waals surface area contributed by atoms with Gasteiger partial charge in [0, 0.05) is 40.4 Å². The lowest BCUT2D eigenvalue weighted by atomic mass is 10.0. The van der Waals surface area contributed by atoms with E-state index in [9.17, 15) is 4.79 Å². The molecule has 1 saturated heterocycles. The third-order valence-corrected chi connectivity index (χ3v) is 6.23. The molecule has 1 aliphatic heterocycles. The normalized spacial score (nSPS) is 16.8. The maximum Gasteiger partial charge on any atom is 0.257 e. The Hall–Kier alpha value is -2.60. The molecule has 1 aliphatic rings. The SMILES string of the molecule is CSc1cccc(Nc2c(C(=O)N3CCCC[C@@H]3C)cnc3nc(C)ccc23)c1. The molecule has 1 aromatic carbocycles. The molecule has 0 spiro atoms. The number of benzene rings is 1. The Morgan fingerprint density at radius 3 is 2.90 bits per heavy atom. The van der Waals surface area contributed by atoms with E-state index in [-0.39, 0.29) is 11.9 Å². The molecule has 1 amide bonds. The van der Waals surface area contributed by atoms with Gasteiger partial charge in [-0.05, 0) is 69.7 Å². The third kappa shape index (κ3) is 4.08. The van der Waals surface area contributed by atoms with Crippen molar-refractivity contribution in [3.63, 3.8) is 0 Å². The van der Waals surface area contributed by atoms with Gasteiger partial charge in [0.05, 0.1) is 11.3 Å². The van der Waals surface area contributed by atoms with Crippen LogP contribution in [0.1, 0.15) is 42.2 Å². The Bertz CT molecular complexity index is 1050. The van der Waals surface area contributed by atoms with Gasteiger partial charge in [0.25, 0.3) is 5.91 Å². The average molecular weight is 407 g/mol. The van der Waals surface area contributed by atoms with E-state index >= 15 is 0 Å². The lowest BCUT2D eigenvalue weighted by Crippen LogP contribution is -2.42. The summed E-state index contributed by atoms with van der Waals surface area (Å²) in [4.78, 5) is 25.7. The Kier molecular flexibility index (Phi) is 5.72. The van der Waals surface area contributed by atoms with Gasteiger partial charge in [0.15, 0.2) is 5.65 Å². The second-order valence-corrected chi connectivity index (χ2v) is 8.45. The molecule has 3 aromatic rings. The summed E-state index contributed by atoms with van der Waals surface area (Å²) in [6.45, 7) is 4.88. The van der Waals surface area contributed by atoms with Crippen LogP contribution in [0.25, 0.3) is 11.0 Å². The van der Waals surface area contributed by atoms with Crippen LogP contribution in [0.2, 0.25) is 0 Å². The zero-order valence-electron chi connectivity index (χ0n) is 17.1. The molecule has 0 aliphatic carbocycles. The topological polar surface area (TPSA) is 58.1 Å². The predicted molar refractivity (Wildman–Crippen MR) is 120 cm³/mol. The number of hydrogen-bond donors (Lipinski definition) is 1. The van der Waals surface area contributed by atoms with Crippen molar-refractivity contribution in [3.05, 3.63) is 53.9 Å². The highest BCUT2D eigenvalue weighted by molar-refractivity contribution is 7.98. The van der Waals surface area contributed by atoms with Gasteiger partial charge in [0.1, 0.15) is 0 Å². The van der Waals surface area contributed by atoms with E-state index in [1.807, 2.05) is 36.1 Å². The summed E-state index contributed by atoms with van der Waals surface area (Å²) in [5.41, 5.74) is 3.89. The van der Waals surface area contributed by atoms with Crippen LogP contribution in [0.15, 0.2) is 47.5 Å². The van der Waals surface area contributed by atoms with E-state index in [1.54, 1.807) is 18.0 Å². The van der Waals surface area contributed by atoms with Gasteiger partial charge in [-0.2, -0.15) is 0 Å². The highest BCUT2D eigenvalue weighted by Gasteiger charge is 2.27. The first-order valence-corrected chi connectivity index (χ1v) is 11.3. The minimum Gasteiger partial charge on any atom is -0.354 e. The molecule has 2 aromatic heterocycles. The molecule has 0 bridgehead atoms. The highest BCUT2D eigenvalue weighted by Crippen LogP contribution is 2.32. The van der Waals surface area contributed by atoms with E-state index in [0.717, 1.165) is 41.8 Å². The Morgan fingerprint density at radius 2 is 2.10 bits per heavy atom. The number of anilines is 2. The number of aromatic nitrogens is 2. The maximum atomic E-state index is 13.5. The van der Waals surface area contributed by atoms with Crippen LogP contribution in [0.5, 0.6) is 0 Å². The number of nitrogens with one attached hydrogen (secondary N) is 1. The van der Waals surface area contributed by atoms with Gasteiger partial charge in [-0.3, -0.25) is 4.79 Å². The van der Waals surface area contributed by atoms with E-state index in [1.165, 1.54) is 11.3 Å². The standard InChI is InChI=1S/C23H26N4OS/c1-15-10-11-19-21(26-17-8-6-9-18(13-17)29-3)20(14-24-22(19)25-15)23(28)27-12-5-4-7-16(27)2/h6,8-11,13-14,16H,4-5,7,12H2,1-3H3,(H,24,25,26)/t16-/m0/s1. The smallest absolute Gasteiger partial charge is 0.257 e. The molecule has 6 heteroatoms. The second kappa shape index (κ2) is 8.41. The van der Waals surface area contributed by atoms with Crippen LogP contribution in [0, 0.1) is 6.92 Å². The molecular weight excluding hydrogens is 380 g/mol. The first-order chi connectivity index (χ1) is 14.1. The zero-order chi connectivity index (χ0) is 20.4. The molecule has 1 fully saturated rings. The molecule has 150 valence electrons. The van der Waals surface area contributed by atoms with Crippen molar-refractivity contribution in [2.24, 2.45) is 0 Å². The van der Waals surface area contributed by atoms with E-state index in [4.69, 9.17) is 0 Å². The number of likely N-dealkylation sites (tertiary alicyclic amines) is 1. The minimum atomic E-state index is 0.0377. The number of amides is 1. The number of pyridine rings is 2. The molecule has 0 unspecified atom stereocenters. The molecule has 3 heterocycles. The van der Waals surface area contributed by atoms with E-state index in [0.29, 0.717) is 11.2 Å². The van der Waals surface area contributed by atoms with E-state index < -0.39 is 0 Å². The minimum absolute atomic E-state index is 0.0377. The van der Waals surface area contributed by atoms with Crippen molar-refractivity contribution in [2.75, 3.05) is 18.1 Å². The van der Waals surface area contributed by atoms with Crippen LogP contribution in [-0.2, 0) is 0 Å². The van der Waals surface area contributed by atoms with E-state index in [2.05, 4.69) is 40.6 Å². The fraction of sp³-hybridized carbons (Fsp3) is 0.348. The Balaban J connectivity index is 1.81. The first kappa shape index (κ1) is 19.7. The summed E-state index contributed by atoms with van der Waals surface area (Å²) in [6, 6.07) is 12.4. The van der Waals surface area contributed by atoms with Crippen LogP contribution in [0.3, 0.4) is 0 Å². The largest absolute Gasteiger partial charge is 0.354 e. The third-order valence-electron chi connectivity index (χ3n) is 5.50. The number of rotatable bonds is 4. The fourth-order valence-corrected chi connectivity index (χ4v) is 4.33. The number of fused-ring (bicyclic) bond motifs is 1. The fourth-order valence-electron chi connectivity index (χ4n) is 3.87. The Labute approximate surface area is 175 Å². The summed E-state index contributed by atoms with van der Waals surface area (Å²) in [6.07, 6.45) is 7.01. The van der Waals surface area contributed by atoms with Gasteiger partial charge in [-0.1, -0.05) is 6.07 Å². The lowest BCUT2D eigenvalue weighted by molar-refractivity contribution is 0.0636. The molecular formula is C23H26N4OS. The van der Waals surface area contributed by atoms with Crippen molar-refractivity contribution >= 4 is 40.1 Å². The molecule has 29 heavy (non-hydrogen) atoms. The van der Waals surface area contributed by atoms with Crippen molar-refractivity contribution in [3.8, 4) is 0 Å². The summed E-state index contributed by atoms with van der Waals surface area (Å²) in [5.74, 6) is 0.0377. The molecule has 5 nitrogen and oxygen atoms in total. The molecule has 0 radical (unpaired) electrons. The number of piperidine rings is 1. The lowest BCUT2D eigenvalue weighted by Gasteiger charge is -2.34. The molecule has 1 atom stereocenters. The zero-order valence-corrected chi connectivity index (χ0v) is 17.9. The highest BCUT2D eigenvalue weighted by atomic mass is 32.2. The number of nitrogens with zero attached hydrogens (tertiary/aromatic N) is 3. The maximum absolute atomic E-state index is 13.5. The quantitative estimate of drug-likeness (QED) is 0.587. The average Bonchev–Trinajstić information content (AvgIpc) is 2.74. The Morgan fingerprint density at radius 1 is 1.24 bits per heavy atom. The number of hydrogen-bond acceptors (Lipinski definition) is 5. The van der Waals surface area contributed by atoms with Crippen molar-refractivity contribution < 1.29 is 4.79 Å². The summed E-state index contributed by atoms with van der Waals surface area (Å²) in [5, 5.41) is 4.37. The van der Waals surface area contributed by atoms with Gasteiger partial charge < -0.3 is 10.2 Å². The van der Waals surface area contributed by atoms with Crippen molar-refractivity contribution in [1.29, 1.82) is 0 Å². The summed E-state index contributed by atoms with van der Waals surface area (Å²) >= 11 is 1.69. The summed E-state index contributed by atoms with van der Waals surface area (Å²) in [7, 11) is 0. The second-order valence-electron chi connectivity index (χ2n) is 7.57. The number of aryl methyl sites for hydroxylation is 1. The molecule has 0 saturated carbocycles. The first-order valence-electron chi connectivity index (χ1n) is 10.0. The van der Waals surface area contributed by atoms with Gasteiger partial charge >= 0.3 is 0 Å². The monoisotopic (exact) mass is 406 g/mol. The van der Waals surface area contributed by atoms with Crippen molar-refractivity contribution in [1.82, 2.24) is 14.9 Å². The van der Waals surface area contributed by atoms with Crippen molar-refractivity contribution in [2.45, 2.75) is 44.0 Å². The van der Waals surface area contributed by atoms with Gasteiger partial charge in [-0.25, -0.2) is 9.97 Å². The van der Waals surface area contributed by atoms with Crippen LogP contribution in [0.4, 0.5) is 11.4 Å². The van der Waals surface area contributed by atoms with Gasteiger partial charge in [-0.15, -0.1) is 11.8 Å². The number of carbonyl (C=O) groups is 1.